The molecular formula is C2H4BNO2. The third-order valence-electron chi connectivity index (χ3n) is 0.477. The molecule has 0 fully saturated rings. The molecule has 32 valence electrons. The summed E-state index contributed by atoms with van der Waals surface area (Å²) in [7, 11) is 0.302. The van der Waals surface area contributed by atoms with Crippen molar-refractivity contribution >= 4 is 13.9 Å². The lowest BCUT2D eigenvalue weighted by molar-refractivity contribution is 0.234. The van der Waals surface area contributed by atoms with Crippen molar-refractivity contribution in [2.24, 2.45) is 5.16 Å². The van der Waals surface area contributed by atoms with E-state index in [2.05, 4.69) is 9.91 Å². The molecule has 0 atom stereocenters. The number of oxime groups is 1. The van der Waals surface area contributed by atoms with E-state index in [-0.39, 0.29) is 0 Å². The maximum Gasteiger partial charge on any atom is 0.533 e. The lowest BCUT2D eigenvalue weighted by atomic mass is 10.4. The molecule has 0 aromatic heterocycles. The third kappa shape index (κ3) is 0.720. The van der Waals surface area contributed by atoms with Gasteiger partial charge in [-0.15, -0.1) is 5.16 Å². The maximum atomic E-state index is 4.70. The zero-order chi connectivity index (χ0) is 4.24. The average molecular weight is 84.9 g/mol. The Morgan fingerprint density at radius 1 is 1.83 bits per heavy atom. The van der Waals surface area contributed by atoms with Crippen LogP contribution in [-0.2, 0) is 9.41 Å². The highest BCUT2D eigenvalue weighted by atomic mass is 16.7. The second-order valence-electron chi connectivity index (χ2n) is 0.906. The molecule has 1 aliphatic heterocycles. The van der Waals surface area contributed by atoms with Crippen LogP contribution < -0.4 is 0 Å². The first-order chi connectivity index (χ1) is 3.00. The van der Waals surface area contributed by atoms with Crippen molar-refractivity contribution in [2.75, 3.05) is 6.61 Å². The third-order valence-corrected chi connectivity index (χ3v) is 0.477. The van der Waals surface area contributed by atoms with Crippen LogP contribution in [0.4, 0.5) is 0 Å². The van der Waals surface area contributed by atoms with Crippen molar-refractivity contribution in [2.45, 2.75) is 0 Å². The fourth-order valence-electron chi connectivity index (χ4n) is 0.252. The van der Waals surface area contributed by atoms with Crippen LogP contribution >= 0.6 is 0 Å². The van der Waals surface area contributed by atoms with Crippen LogP contribution in [0.1, 0.15) is 0 Å². The Bertz CT molecular complexity index is 56.6. The van der Waals surface area contributed by atoms with Gasteiger partial charge in [-0.2, -0.15) is 0 Å². The van der Waals surface area contributed by atoms with Gasteiger partial charge in [-0.3, -0.25) is 0 Å². The summed E-state index contributed by atoms with van der Waals surface area (Å²) in [6.45, 7) is 0.583. The normalized spacial score (nSPS) is 18.7. The van der Waals surface area contributed by atoms with Crippen LogP contribution in [0.3, 0.4) is 0 Å². The Morgan fingerprint density at radius 2 is 2.83 bits per heavy atom. The van der Waals surface area contributed by atoms with E-state index < -0.39 is 0 Å². The highest BCUT2D eigenvalue weighted by Gasteiger charge is 1.92. The Kier molecular flexibility index (Phi) is 1.11. The van der Waals surface area contributed by atoms with E-state index in [9.17, 15) is 0 Å². The molecule has 0 aromatic rings. The quantitative estimate of drug-likeness (QED) is 0.363. The molecule has 6 heavy (non-hydrogen) atoms. The largest absolute Gasteiger partial charge is 0.533 e. The van der Waals surface area contributed by atoms with Crippen molar-refractivity contribution in [3.63, 3.8) is 0 Å². The van der Waals surface area contributed by atoms with E-state index in [4.69, 9.17) is 4.65 Å². The van der Waals surface area contributed by atoms with Crippen LogP contribution in [0.25, 0.3) is 0 Å². The lowest BCUT2D eigenvalue weighted by Crippen LogP contribution is -2.08. The van der Waals surface area contributed by atoms with Crippen LogP contribution in [0.5, 0.6) is 0 Å². The van der Waals surface area contributed by atoms with E-state index >= 15 is 0 Å². The number of rotatable bonds is 0. The zero-order valence-corrected chi connectivity index (χ0v) is 3.26. The first-order valence-corrected chi connectivity index (χ1v) is 1.72. The Morgan fingerprint density at radius 3 is 3.00 bits per heavy atom. The minimum atomic E-state index is 0.302. The Hall–Kier alpha value is -0.505. The van der Waals surface area contributed by atoms with Gasteiger partial charge in [0, 0.05) is 0 Å². The summed E-state index contributed by atoms with van der Waals surface area (Å²) in [4.78, 5) is 0. The van der Waals surface area contributed by atoms with E-state index in [0.717, 1.165) is 0 Å². The summed E-state index contributed by atoms with van der Waals surface area (Å²) in [5.74, 6) is 0. The first-order valence-electron chi connectivity index (χ1n) is 1.72. The average Bonchev–Trinajstić information content (AvgIpc) is 1.72. The van der Waals surface area contributed by atoms with Crippen LogP contribution in [0.2, 0.25) is 0 Å². The van der Waals surface area contributed by atoms with Gasteiger partial charge in [0.25, 0.3) is 0 Å². The van der Waals surface area contributed by atoms with Gasteiger partial charge in [-0.25, -0.2) is 0 Å². The molecule has 0 aliphatic carbocycles. The predicted molar refractivity (Wildman–Crippen MR) is 22.7 cm³/mol. The minimum absolute atomic E-state index is 0.302. The van der Waals surface area contributed by atoms with Crippen molar-refractivity contribution in [3.05, 3.63) is 0 Å². The van der Waals surface area contributed by atoms with E-state index in [1.807, 2.05) is 0 Å². The fraction of sp³-hybridized carbons (Fsp3) is 0.500. The molecule has 1 aliphatic rings. The van der Waals surface area contributed by atoms with Crippen LogP contribution in [0, 0.1) is 0 Å². The molecule has 0 N–H and O–H groups in total. The van der Waals surface area contributed by atoms with Gasteiger partial charge in [0.2, 0.25) is 0 Å². The second kappa shape index (κ2) is 1.82. The van der Waals surface area contributed by atoms with E-state index in [1.165, 1.54) is 0 Å². The van der Waals surface area contributed by atoms with Crippen LogP contribution in [-0.4, -0.2) is 20.5 Å². The summed E-state index contributed by atoms with van der Waals surface area (Å²) < 4.78 is 9.11. The molecule has 0 aromatic carbocycles. The SMILES string of the molecule is B1OCC=NO1. The molecular weight excluding hydrogens is 80.8 g/mol. The highest BCUT2D eigenvalue weighted by Crippen LogP contribution is 1.78. The van der Waals surface area contributed by atoms with Gasteiger partial charge in [-0.05, 0) is 0 Å². The first kappa shape index (κ1) is 3.68. The fourth-order valence-corrected chi connectivity index (χ4v) is 0.252. The van der Waals surface area contributed by atoms with Crippen molar-refractivity contribution in [3.8, 4) is 0 Å². The van der Waals surface area contributed by atoms with Crippen molar-refractivity contribution in [1.29, 1.82) is 0 Å². The summed E-state index contributed by atoms with van der Waals surface area (Å²) in [6, 6.07) is 0. The van der Waals surface area contributed by atoms with E-state index in [1.54, 1.807) is 6.21 Å². The summed E-state index contributed by atoms with van der Waals surface area (Å²) >= 11 is 0. The summed E-state index contributed by atoms with van der Waals surface area (Å²) in [6.07, 6.45) is 1.57. The molecule has 4 heteroatoms. The molecule has 0 spiro atoms. The summed E-state index contributed by atoms with van der Waals surface area (Å²) in [5.41, 5.74) is 0. The van der Waals surface area contributed by atoms with E-state index in [0.29, 0.717) is 14.3 Å². The van der Waals surface area contributed by atoms with Gasteiger partial charge in [0.1, 0.15) is 0 Å². The number of hydrogen-bond donors (Lipinski definition) is 0. The summed E-state index contributed by atoms with van der Waals surface area (Å²) in [5, 5.41) is 3.43. The van der Waals surface area contributed by atoms with Crippen molar-refractivity contribution < 1.29 is 9.41 Å². The molecule has 0 saturated carbocycles. The lowest BCUT2D eigenvalue weighted by Gasteiger charge is -2.00. The van der Waals surface area contributed by atoms with Gasteiger partial charge in [0.15, 0.2) is 0 Å². The molecule has 0 saturated heterocycles. The molecule has 0 unspecified atom stereocenters. The van der Waals surface area contributed by atoms with Gasteiger partial charge in [-0.1, -0.05) is 0 Å². The topological polar surface area (TPSA) is 30.8 Å². The molecule has 0 bridgehead atoms. The molecule has 0 amide bonds. The molecule has 3 nitrogen and oxygen atoms in total. The number of nitrogens with zero attached hydrogens (tertiary/aromatic N) is 1. The molecule has 1 rings (SSSR count). The monoisotopic (exact) mass is 85.0 g/mol. The standard InChI is InChI=1S/C2H4BNO2/c1-2-5-3-6-4-1/h1,3H,2H2. The number of hydrogen-bond acceptors (Lipinski definition) is 3. The maximum absolute atomic E-state index is 4.70. The van der Waals surface area contributed by atoms with Gasteiger partial charge in [0.05, 0.1) is 12.8 Å². The van der Waals surface area contributed by atoms with Crippen molar-refractivity contribution in [1.82, 2.24) is 0 Å². The van der Waals surface area contributed by atoms with Gasteiger partial charge < -0.3 is 9.41 Å². The molecule has 1 heterocycles. The highest BCUT2D eigenvalue weighted by molar-refractivity contribution is 6.18. The second-order valence-corrected chi connectivity index (χ2v) is 0.906. The Labute approximate surface area is 36.2 Å². The van der Waals surface area contributed by atoms with Gasteiger partial charge >= 0.3 is 7.69 Å². The predicted octanol–water partition coefficient (Wildman–Crippen LogP) is -0.715. The van der Waals surface area contributed by atoms with Crippen LogP contribution in [0.15, 0.2) is 5.16 Å². The smallest absolute Gasteiger partial charge is 0.436 e. The minimum Gasteiger partial charge on any atom is -0.436 e. The Balaban J connectivity index is 2.26. The molecule has 0 radical (unpaired) electrons. The zero-order valence-electron chi connectivity index (χ0n) is 3.26.